The standard InChI is InChI=1S/C29H25ClF3N3O5S2/c1-19-8-9-20(2)27(16-19)36(43(40,41)24-6-4-3-5-7-24)18-28(37)34-21-10-13-23(14-11-21)42(38,39)35-22-12-15-26(30)25(17-22)29(31,32)33/h3-17,35H,18H2,1-2H3,(H,34,37). The zero-order chi connectivity index (χ0) is 31.6. The van der Waals surface area contributed by atoms with Crippen molar-refractivity contribution in [1.29, 1.82) is 0 Å². The van der Waals surface area contributed by atoms with Gasteiger partial charge in [0.2, 0.25) is 5.91 Å². The summed E-state index contributed by atoms with van der Waals surface area (Å²) in [6.45, 7) is 2.94. The lowest BCUT2D eigenvalue weighted by atomic mass is 10.1. The monoisotopic (exact) mass is 651 g/mol. The number of alkyl halides is 3. The third-order valence-corrected chi connectivity index (χ3v) is 9.72. The van der Waals surface area contributed by atoms with Crippen LogP contribution in [-0.2, 0) is 31.0 Å². The second-order valence-corrected chi connectivity index (χ2v) is 13.4. The van der Waals surface area contributed by atoms with Crippen LogP contribution in [0.2, 0.25) is 5.02 Å². The van der Waals surface area contributed by atoms with E-state index in [1.165, 1.54) is 24.3 Å². The Hall–Kier alpha value is -4.07. The van der Waals surface area contributed by atoms with Crippen molar-refractivity contribution in [3.05, 3.63) is 113 Å². The van der Waals surface area contributed by atoms with Crippen LogP contribution < -0.4 is 14.3 Å². The largest absolute Gasteiger partial charge is 0.417 e. The molecule has 226 valence electrons. The third kappa shape index (κ3) is 7.48. The third-order valence-electron chi connectivity index (χ3n) is 6.22. The summed E-state index contributed by atoms with van der Waals surface area (Å²) in [7, 11) is -8.45. The van der Waals surface area contributed by atoms with E-state index in [4.69, 9.17) is 11.6 Å². The maximum atomic E-state index is 13.6. The molecule has 2 N–H and O–H groups in total. The number of hydrogen-bond acceptors (Lipinski definition) is 5. The molecule has 0 spiro atoms. The van der Waals surface area contributed by atoms with Gasteiger partial charge in [0.15, 0.2) is 0 Å². The molecule has 0 bridgehead atoms. The predicted molar refractivity (Wildman–Crippen MR) is 159 cm³/mol. The lowest BCUT2D eigenvalue weighted by Gasteiger charge is -2.26. The molecule has 0 aromatic heterocycles. The maximum Gasteiger partial charge on any atom is 0.417 e. The fourth-order valence-corrected chi connectivity index (χ4v) is 6.85. The number of carbonyl (C=O) groups is 1. The summed E-state index contributed by atoms with van der Waals surface area (Å²) in [4.78, 5) is 12.8. The number of rotatable bonds is 9. The normalized spacial score (nSPS) is 12.0. The Morgan fingerprint density at radius 2 is 1.44 bits per heavy atom. The van der Waals surface area contributed by atoms with Gasteiger partial charge in [-0.1, -0.05) is 41.9 Å². The summed E-state index contributed by atoms with van der Waals surface area (Å²) >= 11 is 5.60. The summed E-state index contributed by atoms with van der Waals surface area (Å²) in [6, 6.07) is 20.3. The Kier molecular flexibility index (Phi) is 9.09. The number of hydrogen-bond donors (Lipinski definition) is 2. The van der Waals surface area contributed by atoms with E-state index in [9.17, 15) is 34.8 Å². The summed E-state index contributed by atoms with van der Waals surface area (Å²) in [5.74, 6) is -0.699. The SMILES string of the molecule is Cc1ccc(C)c(N(CC(=O)Nc2ccc(S(=O)(=O)Nc3ccc(Cl)c(C(F)(F)F)c3)cc2)S(=O)(=O)c2ccccc2)c1. The van der Waals surface area contributed by atoms with Gasteiger partial charge in [0.05, 0.1) is 26.1 Å². The van der Waals surface area contributed by atoms with Gasteiger partial charge >= 0.3 is 6.18 Å². The minimum absolute atomic E-state index is 0.00573. The highest BCUT2D eigenvalue weighted by Gasteiger charge is 2.34. The lowest BCUT2D eigenvalue weighted by Crippen LogP contribution is -2.38. The van der Waals surface area contributed by atoms with Gasteiger partial charge in [-0.05, 0) is 85.6 Å². The van der Waals surface area contributed by atoms with Crippen LogP contribution >= 0.6 is 11.6 Å². The van der Waals surface area contributed by atoms with Gasteiger partial charge in [-0.25, -0.2) is 16.8 Å². The van der Waals surface area contributed by atoms with E-state index in [-0.39, 0.29) is 21.2 Å². The van der Waals surface area contributed by atoms with E-state index < -0.39 is 49.3 Å². The molecule has 0 fully saturated rings. The quantitative estimate of drug-likeness (QED) is 0.212. The Morgan fingerprint density at radius 3 is 2.07 bits per heavy atom. The van der Waals surface area contributed by atoms with Gasteiger partial charge < -0.3 is 5.32 Å². The molecule has 0 heterocycles. The summed E-state index contributed by atoms with van der Waals surface area (Å²) in [6.07, 6.45) is -4.79. The van der Waals surface area contributed by atoms with Gasteiger partial charge in [-0.2, -0.15) is 13.2 Å². The first-order valence-corrected chi connectivity index (χ1v) is 15.8. The zero-order valence-corrected chi connectivity index (χ0v) is 25.1. The first kappa shape index (κ1) is 31.9. The van der Waals surface area contributed by atoms with E-state index in [1.54, 1.807) is 44.2 Å². The van der Waals surface area contributed by atoms with Crippen LogP contribution in [0, 0.1) is 13.8 Å². The molecule has 4 rings (SSSR count). The van der Waals surface area contributed by atoms with Gasteiger partial charge in [0, 0.05) is 11.4 Å². The van der Waals surface area contributed by atoms with Crippen molar-refractivity contribution < 1.29 is 34.8 Å². The van der Waals surface area contributed by atoms with Crippen LogP contribution in [0.4, 0.5) is 30.2 Å². The Balaban J connectivity index is 1.54. The second kappa shape index (κ2) is 12.3. The highest BCUT2D eigenvalue weighted by molar-refractivity contribution is 7.93. The Morgan fingerprint density at radius 1 is 0.814 bits per heavy atom. The molecule has 4 aromatic carbocycles. The number of nitrogens with one attached hydrogen (secondary N) is 2. The van der Waals surface area contributed by atoms with Crippen molar-refractivity contribution >= 4 is 54.6 Å². The van der Waals surface area contributed by atoms with Crippen molar-refractivity contribution in [2.75, 3.05) is 20.9 Å². The molecule has 8 nitrogen and oxygen atoms in total. The molecule has 14 heteroatoms. The number of amides is 1. The first-order valence-electron chi connectivity index (χ1n) is 12.5. The zero-order valence-electron chi connectivity index (χ0n) is 22.7. The highest BCUT2D eigenvalue weighted by atomic mass is 35.5. The van der Waals surface area contributed by atoms with E-state index in [0.717, 1.165) is 34.1 Å². The molecule has 43 heavy (non-hydrogen) atoms. The molecular formula is C29H25ClF3N3O5S2. The smallest absolute Gasteiger partial charge is 0.325 e. The number of benzene rings is 4. The Labute approximate surface area is 252 Å². The van der Waals surface area contributed by atoms with Gasteiger partial charge in [-0.3, -0.25) is 13.8 Å². The molecule has 1 amide bonds. The summed E-state index contributed by atoms with van der Waals surface area (Å²) < 4.78 is 95.3. The number of halogens is 4. The van der Waals surface area contributed by atoms with Crippen LogP contribution in [0.5, 0.6) is 0 Å². The van der Waals surface area contributed by atoms with Crippen LogP contribution in [0.25, 0.3) is 0 Å². The fourth-order valence-electron chi connectivity index (χ4n) is 4.08. The number of anilines is 3. The van der Waals surface area contributed by atoms with Crippen LogP contribution in [0.15, 0.2) is 101 Å². The van der Waals surface area contributed by atoms with E-state index in [2.05, 4.69) is 10.0 Å². The molecule has 0 saturated heterocycles. The van der Waals surface area contributed by atoms with E-state index >= 15 is 0 Å². The number of nitrogens with zero attached hydrogens (tertiary/aromatic N) is 1. The van der Waals surface area contributed by atoms with Gasteiger partial charge in [-0.15, -0.1) is 0 Å². The molecule has 0 radical (unpaired) electrons. The second-order valence-electron chi connectivity index (χ2n) is 9.49. The topological polar surface area (TPSA) is 113 Å². The van der Waals surface area contributed by atoms with Gasteiger partial charge in [0.1, 0.15) is 6.54 Å². The molecule has 0 aliphatic heterocycles. The van der Waals surface area contributed by atoms with Crippen molar-refractivity contribution in [3.8, 4) is 0 Å². The van der Waals surface area contributed by atoms with Crippen molar-refractivity contribution in [2.24, 2.45) is 0 Å². The molecular weight excluding hydrogens is 627 g/mol. The van der Waals surface area contributed by atoms with Crippen molar-refractivity contribution in [2.45, 2.75) is 29.8 Å². The van der Waals surface area contributed by atoms with Crippen molar-refractivity contribution in [3.63, 3.8) is 0 Å². The molecule has 0 unspecified atom stereocenters. The average molecular weight is 652 g/mol. The van der Waals surface area contributed by atoms with Crippen LogP contribution in [-0.4, -0.2) is 29.3 Å². The minimum atomic E-state index is -4.79. The molecule has 0 aliphatic rings. The van der Waals surface area contributed by atoms with Crippen molar-refractivity contribution in [1.82, 2.24) is 0 Å². The summed E-state index contributed by atoms with van der Waals surface area (Å²) in [5.41, 5.74) is 0.350. The average Bonchev–Trinajstić information content (AvgIpc) is 2.94. The first-order chi connectivity index (χ1) is 20.1. The number of aryl methyl sites for hydroxylation is 2. The van der Waals surface area contributed by atoms with Gasteiger partial charge in [0.25, 0.3) is 20.0 Å². The molecule has 0 saturated carbocycles. The maximum absolute atomic E-state index is 13.6. The molecule has 0 aliphatic carbocycles. The highest BCUT2D eigenvalue weighted by Crippen LogP contribution is 2.36. The van der Waals surface area contributed by atoms with E-state index in [0.29, 0.717) is 17.3 Å². The summed E-state index contributed by atoms with van der Waals surface area (Å²) in [5, 5.41) is 1.98. The minimum Gasteiger partial charge on any atom is -0.325 e. The van der Waals surface area contributed by atoms with E-state index in [1.807, 2.05) is 6.07 Å². The predicted octanol–water partition coefficient (Wildman–Crippen LogP) is 6.61. The fraction of sp³-hybridized carbons (Fsp3) is 0.138. The molecule has 4 aromatic rings. The lowest BCUT2D eigenvalue weighted by molar-refractivity contribution is -0.137. The Bertz CT molecular complexity index is 1870. The number of carbonyl (C=O) groups excluding carboxylic acids is 1. The number of sulfonamides is 2. The molecule has 0 atom stereocenters. The van der Waals surface area contributed by atoms with Crippen LogP contribution in [0.1, 0.15) is 16.7 Å². The van der Waals surface area contributed by atoms with Crippen LogP contribution in [0.3, 0.4) is 0 Å².